The van der Waals surface area contributed by atoms with E-state index in [1.165, 1.54) is 12.8 Å². The molecule has 3 rings (SSSR count). The Morgan fingerprint density at radius 3 is 2.80 bits per heavy atom. The quantitative estimate of drug-likeness (QED) is 0.795. The van der Waals surface area contributed by atoms with Gasteiger partial charge in [0.15, 0.2) is 5.16 Å². The molecule has 0 saturated carbocycles. The number of aliphatic hydroxyl groups is 1. The molecular weight excluding hydrogens is 276 g/mol. The minimum Gasteiger partial charge on any atom is -0.396 e. The SMILES string of the molecule is OCCSc1nnc(N2CCCC2)n1CC1CCCO1. The van der Waals surface area contributed by atoms with Crippen molar-refractivity contribution in [3.8, 4) is 0 Å². The zero-order valence-corrected chi connectivity index (χ0v) is 12.5. The molecule has 3 heterocycles. The Morgan fingerprint density at radius 1 is 1.25 bits per heavy atom. The Morgan fingerprint density at radius 2 is 2.10 bits per heavy atom. The van der Waals surface area contributed by atoms with E-state index in [0.29, 0.717) is 5.75 Å². The Labute approximate surface area is 123 Å². The number of ether oxygens (including phenoxy) is 1. The third-order valence-electron chi connectivity index (χ3n) is 3.82. The molecule has 2 aliphatic heterocycles. The lowest BCUT2D eigenvalue weighted by molar-refractivity contribution is 0.0952. The summed E-state index contributed by atoms with van der Waals surface area (Å²) in [6, 6.07) is 0. The van der Waals surface area contributed by atoms with Gasteiger partial charge in [0.25, 0.3) is 0 Å². The molecule has 0 bridgehead atoms. The van der Waals surface area contributed by atoms with Crippen LogP contribution in [0, 0.1) is 0 Å². The number of rotatable bonds is 6. The number of hydrogen-bond acceptors (Lipinski definition) is 6. The minimum atomic E-state index is 0.163. The fraction of sp³-hybridized carbons (Fsp3) is 0.846. The highest BCUT2D eigenvalue weighted by molar-refractivity contribution is 7.99. The Kier molecular flexibility index (Phi) is 4.80. The maximum absolute atomic E-state index is 9.01. The molecule has 2 saturated heterocycles. The Balaban J connectivity index is 1.78. The van der Waals surface area contributed by atoms with Crippen molar-refractivity contribution >= 4 is 17.7 Å². The van der Waals surface area contributed by atoms with Gasteiger partial charge < -0.3 is 14.7 Å². The predicted octanol–water partition coefficient (Wildman–Crippen LogP) is 1.14. The molecule has 1 aromatic heterocycles. The van der Waals surface area contributed by atoms with Crippen LogP contribution in [0.1, 0.15) is 25.7 Å². The number of aromatic nitrogens is 3. The Hall–Kier alpha value is -0.790. The van der Waals surface area contributed by atoms with Gasteiger partial charge in [-0.25, -0.2) is 0 Å². The van der Waals surface area contributed by atoms with E-state index in [9.17, 15) is 0 Å². The average molecular weight is 298 g/mol. The van der Waals surface area contributed by atoms with Crippen LogP contribution in [0.5, 0.6) is 0 Å². The van der Waals surface area contributed by atoms with Gasteiger partial charge in [-0.05, 0) is 25.7 Å². The zero-order chi connectivity index (χ0) is 13.8. The summed E-state index contributed by atoms with van der Waals surface area (Å²) in [4.78, 5) is 2.31. The minimum absolute atomic E-state index is 0.163. The molecule has 1 aromatic rings. The standard InChI is InChI=1S/C13H22N4O2S/c18-7-9-20-13-15-14-12(16-5-1-2-6-16)17(13)10-11-4-3-8-19-11/h11,18H,1-10H2. The van der Waals surface area contributed by atoms with Gasteiger partial charge in [-0.3, -0.25) is 4.57 Å². The lowest BCUT2D eigenvalue weighted by Crippen LogP contribution is -2.25. The average Bonchev–Trinajstić information content (AvgIpc) is 3.19. The molecule has 112 valence electrons. The van der Waals surface area contributed by atoms with Crippen molar-refractivity contribution < 1.29 is 9.84 Å². The summed E-state index contributed by atoms with van der Waals surface area (Å²) < 4.78 is 7.93. The van der Waals surface area contributed by atoms with Crippen LogP contribution in [0.3, 0.4) is 0 Å². The van der Waals surface area contributed by atoms with Crippen LogP contribution in [0.25, 0.3) is 0 Å². The van der Waals surface area contributed by atoms with Gasteiger partial charge in [0.1, 0.15) is 0 Å². The normalized spacial score (nSPS) is 22.9. The molecule has 0 aliphatic carbocycles. The van der Waals surface area contributed by atoms with Crippen LogP contribution in [0.2, 0.25) is 0 Å². The molecule has 1 N–H and O–H groups in total. The molecule has 6 nitrogen and oxygen atoms in total. The summed E-state index contributed by atoms with van der Waals surface area (Å²) >= 11 is 1.57. The third-order valence-corrected chi connectivity index (χ3v) is 4.77. The summed E-state index contributed by atoms with van der Waals surface area (Å²) in [5, 5.41) is 18.6. The lowest BCUT2D eigenvalue weighted by Gasteiger charge is -2.20. The van der Waals surface area contributed by atoms with Gasteiger partial charge in [0, 0.05) is 25.4 Å². The van der Waals surface area contributed by atoms with Crippen LogP contribution < -0.4 is 4.90 Å². The van der Waals surface area contributed by atoms with E-state index < -0.39 is 0 Å². The van der Waals surface area contributed by atoms with Crippen molar-refractivity contribution in [3.63, 3.8) is 0 Å². The maximum atomic E-state index is 9.01. The fourth-order valence-corrected chi connectivity index (χ4v) is 3.51. The fourth-order valence-electron chi connectivity index (χ4n) is 2.83. The van der Waals surface area contributed by atoms with Gasteiger partial charge in [-0.2, -0.15) is 0 Å². The third kappa shape index (κ3) is 3.10. The number of aliphatic hydroxyl groups excluding tert-OH is 1. The molecule has 0 aromatic carbocycles. The molecule has 0 amide bonds. The number of anilines is 1. The summed E-state index contributed by atoms with van der Waals surface area (Å²) in [7, 11) is 0. The first-order valence-corrected chi connectivity index (χ1v) is 8.40. The first kappa shape index (κ1) is 14.2. The van der Waals surface area contributed by atoms with Crippen LogP contribution in [-0.2, 0) is 11.3 Å². The van der Waals surface area contributed by atoms with Crippen molar-refractivity contribution in [2.24, 2.45) is 0 Å². The highest BCUT2D eigenvalue weighted by atomic mass is 32.2. The van der Waals surface area contributed by atoms with Crippen LogP contribution in [-0.4, -0.2) is 58.0 Å². The van der Waals surface area contributed by atoms with Gasteiger partial charge >= 0.3 is 0 Å². The van der Waals surface area contributed by atoms with E-state index in [4.69, 9.17) is 9.84 Å². The highest BCUT2D eigenvalue weighted by Gasteiger charge is 2.24. The van der Waals surface area contributed by atoms with Crippen LogP contribution >= 0.6 is 11.8 Å². The smallest absolute Gasteiger partial charge is 0.228 e. The van der Waals surface area contributed by atoms with Crippen molar-refractivity contribution in [1.82, 2.24) is 14.8 Å². The molecule has 7 heteroatoms. The molecule has 1 atom stereocenters. The van der Waals surface area contributed by atoms with E-state index >= 15 is 0 Å². The maximum Gasteiger partial charge on any atom is 0.228 e. The molecule has 1 unspecified atom stereocenters. The first-order valence-electron chi connectivity index (χ1n) is 7.42. The summed E-state index contributed by atoms with van der Waals surface area (Å²) in [6.07, 6.45) is 4.99. The van der Waals surface area contributed by atoms with Gasteiger partial charge in [0.05, 0.1) is 19.3 Å². The van der Waals surface area contributed by atoms with Crippen molar-refractivity contribution in [2.45, 2.75) is 43.5 Å². The number of nitrogens with zero attached hydrogens (tertiary/aromatic N) is 4. The summed E-state index contributed by atoms with van der Waals surface area (Å²) in [5.41, 5.74) is 0. The predicted molar refractivity (Wildman–Crippen MR) is 78.3 cm³/mol. The van der Waals surface area contributed by atoms with E-state index in [2.05, 4.69) is 19.7 Å². The van der Waals surface area contributed by atoms with E-state index in [1.807, 2.05) is 0 Å². The zero-order valence-electron chi connectivity index (χ0n) is 11.7. The second-order valence-corrected chi connectivity index (χ2v) is 6.36. The molecule has 0 radical (unpaired) electrons. The first-order chi connectivity index (χ1) is 9.88. The van der Waals surface area contributed by atoms with Gasteiger partial charge in [-0.15, -0.1) is 10.2 Å². The second kappa shape index (κ2) is 6.78. The largest absolute Gasteiger partial charge is 0.396 e. The van der Waals surface area contributed by atoms with E-state index in [0.717, 1.165) is 50.2 Å². The molecule has 2 fully saturated rings. The lowest BCUT2D eigenvalue weighted by atomic mass is 10.2. The number of hydrogen-bond donors (Lipinski definition) is 1. The number of thioether (sulfide) groups is 1. The summed E-state index contributed by atoms with van der Waals surface area (Å²) in [6.45, 7) is 3.98. The monoisotopic (exact) mass is 298 g/mol. The molecule has 0 spiro atoms. The van der Waals surface area contributed by atoms with Gasteiger partial charge in [0.2, 0.25) is 5.95 Å². The van der Waals surface area contributed by atoms with E-state index in [-0.39, 0.29) is 12.7 Å². The molecular formula is C13H22N4O2S. The van der Waals surface area contributed by atoms with Crippen molar-refractivity contribution in [1.29, 1.82) is 0 Å². The van der Waals surface area contributed by atoms with Crippen molar-refractivity contribution in [2.75, 3.05) is 37.0 Å². The molecule has 20 heavy (non-hydrogen) atoms. The van der Waals surface area contributed by atoms with E-state index in [1.54, 1.807) is 11.8 Å². The summed E-state index contributed by atoms with van der Waals surface area (Å²) in [5.74, 6) is 1.63. The van der Waals surface area contributed by atoms with Crippen LogP contribution in [0.4, 0.5) is 5.95 Å². The topological polar surface area (TPSA) is 63.4 Å². The molecule has 2 aliphatic rings. The Bertz CT molecular complexity index is 428. The van der Waals surface area contributed by atoms with Gasteiger partial charge in [-0.1, -0.05) is 11.8 Å². The van der Waals surface area contributed by atoms with Crippen molar-refractivity contribution in [3.05, 3.63) is 0 Å². The highest BCUT2D eigenvalue weighted by Crippen LogP contribution is 2.26. The second-order valence-electron chi connectivity index (χ2n) is 5.29. The van der Waals surface area contributed by atoms with Crippen LogP contribution in [0.15, 0.2) is 5.16 Å².